The molecule has 0 fully saturated rings. The Morgan fingerprint density at radius 1 is 1.17 bits per heavy atom. The Morgan fingerprint density at radius 2 is 1.89 bits per heavy atom. The highest BCUT2D eigenvalue weighted by Crippen LogP contribution is 2.18. The Morgan fingerprint density at radius 3 is 2.50 bits per heavy atom. The van der Waals surface area contributed by atoms with Crippen molar-refractivity contribution in [1.82, 2.24) is 0 Å². The standard InChI is InChI=1S/C17H23F/c1-3-5-6-7-9-15(8-4-2)14-16-10-12-17(18)13-11-16/h4,10-14H,2-3,5-9H2,1H3/b15-14-. The van der Waals surface area contributed by atoms with Crippen LogP contribution in [0.4, 0.5) is 4.39 Å². The van der Waals surface area contributed by atoms with Crippen molar-refractivity contribution in [2.75, 3.05) is 0 Å². The van der Waals surface area contributed by atoms with Crippen LogP contribution in [0.5, 0.6) is 0 Å². The molecule has 0 nitrogen and oxygen atoms in total. The molecule has 1 heteroatoms. The number of hydrogen-bond donors (Lipinski definition) is 0. The average molecular weight is 246 g/mol. The fraction of sp³-hybridized carbons (Fsp3) is 0.412. The topological polar surface area (TPSA) is 0 Å². The van der Waals surface area contributed by atoms with Crippen molar-refractivity contribution in [1.29, 1.82) is 0 Å². The van der Waals surface area contributed by atoms with Gasteiger partial charge in [0.15, 0.2) is 0 Å². The molecule has 18 heavy (non-hydrogen) atoms. The highest BCUT2D eigenvalue weighted by molar-refractivity contribution is 5.53. The highest BCUT2D eigenvalue weighted by Gasteiger charge is 1.98. The van der Waals surface area contributed by atoms with E-state index in [1.165, 1.54) is 43.4 Å². The molecule has 98 valence electrons. The summed E-state index contributed by atoms with van der Waals surface area (Å²) in [4.78, 5) is 0. The van der Waals surface area contributed by atoms with Crippen molar-refractivity contribution in [2.45, 2.75) is 45.4 Å². The summed E-state index contributed by atoms with van der Waals surface area (Å²) in [6.45, 7) is 6.02. The Bertz CT molecular complexity index is 373. The van der Waals surface area contributed by atoms with Gasteiger partial charge in [0, 0.05) is 0 Å². The molecular weight excluding hydrogens is 223 g/mol. The van der Waals surface area contributed by atoms with Crippen LogP contribution in [0.25, 0.3) is 6.08 Å². The molecule has 0 aromatic heterocycles. The summed E-state index contributed by atoms with van der Waals surface area (Å²) in [5, 5.41) is 0. The summed E-state index contributed by atoms with van der Waals surface area (Å²) in [7, 11) is 0. The van der Waals surface area contributed by atoms with Crippen LogP contribution in [0.3, 0.4) is 0 Å². The fourth-order valence-corrected chi connectivity index (χ4v) is 1.99. The minimum Gasteiger partial charge on any atom is -0.207 e. The van der Waals surface area contributed by atoms with Gasteiger partial charge >= 0.3 is 0 Å². The maximum atomic E-state index is 12.8. The van der Waals surface area contributed by atoms with Crippen LogP contribution in [0, 0.1) is 5.82 Å². The third-order valence-corrected chi connectivity index (χ3v) is 3.00. The third kappa shape index (κ3) is 5.81. The fourth-order valence-electron chi connectivity index (χ4n) is 1.99. The van der Waals surface area contributed by atoms with Gasteiger partial charge in [-0.3, -0.25) is 0 Å². The van der Waals surface area contributed by atoms with E-state index < -0.39 is 0 Å². The lowest BCUT2D eigenvalue weighted by Crippen LogP contribution is -1.85. The highest BCUT2D eigenvalue weighted by atomic mass is 19.1. The number of unbranched alkanes of at least 4 members (excludes halogenated alkanes) is 3. The van der Waals surface area contributed by atoms with Gasteiger partial charge in [-0.25, -0.2) is 4.39 Å². The molecule has 0 unspecified atom stereocenters. The van der Waals surface area contributed by atoms with Gasteiger partial charge in [-0.15, -0.1) is 6.58 Å². The zero-order valence-corrected chi connectivity index (χ0v) is 11.3. The second kappa shape index (κ2) is 8.68. The summed E-state index contributed by atoms with van der Waals surface area (Å²) < 4.78 is 12.8. The molecule has 1 aromatic carbocycles. The van der Waals surface area contributed by atoms with Crippen molar-refractivity contribution in [3.63, 3.8) is 0 Å². The SMILES string of the molecule is C=CC/C(=C/c1ccc(F)cc1)CCCCCC. The molecule has 0 aliphatic carbocycles. The van der Waals surface area contributed by atoms with E-state index in [0.29, 0.717) is 0 Å². The van der Waals surface area contributed by atoms with Crippen molar-refractivity contribution in [3.05, 3.63) is 53.9 Å². The maximum Gasteiger partial charge on any atom is 0.123 e. The van der Waals surface area contributed by atoms with E-state index in [1.54, 1.807) is 0 Å². The molecule has 0 aliphatic rings. The van der Waals surface area contributed by atoms with Gasteiger partial charge in [0.05, 0.1) is 0 Å². The quantitative estimate of drug-likeness (QED) is 0.404. The minimum atomic E-state index is -0.180. The van der Waals surface area contributed by atoms with Gasteiger partial charge in [-0.1, -0.05) is 56.0 Å². The smallest absolute Gasteiger partial charge is 0.123 e. The lowest BCUT2D eigenvalue weighted by Gasteiger charge is -2.05. The second-order valence-corrected chi connectivity index (χ2v) is 4.66. The van der Waals surface area contributed by atoms with Gasteiger partial charge in [-0.05, 0) is 37.0 Å². The zero-order valence-electron chi connectivity index (χ0n) is 11.3. The van der Waals surface area contributed by atoms with Crippen LogP contribution in [0.2, 0.25) is 0 Å². The molecular formula is C17H23F. The predicted molar refractivity (Wildman–Crippen MR) is 78.0 cm³/mol. The first-order valence-corrected chi connectivity index (χ1v) is 6.82. The zero-order chi connectivity index (χ0) is 13.2. The second-order valence-electron chi connectivity index (χ2n) is 4.66. The molecule has 0 bridgehead atoms. The van der Waals surface area contributed by atoms with E-state index in [4.69, 9.17) is 0 Å². The maximum absolute atomic E-state index is 12.8. The summed E-state index contributed by atoms with van der Waals surface area (Å²) in [6.07, 6.45) is 11.2. The van der Waals surface area contributed by atoms with Gasteiger partial charge in [-0.2, -0.15) is 0 Å². The third-order valence-electron chi connectivity index (χ3n) is 3.00. The normalized spacial score (nSPS) is 11.6. The van der Waals surface area contributed by atoms with Crippen LogP contribution in [-0.2, 0) is 0 Å². The lowest BCUT2D eigenvalue weighted by molar-refractivity contribution is 0.627. The van der Waals surface area contributed by atoms with E-state index in [9.17, 15) is 4.39 Å². The minimum absolute atomic E-state index is 0.180. The van der Waals surface area contributed by atoms with Gasteiger partial charge < -0.3 is 0 Å². The molecule has 0 atom stereocenters. The molecule has 0 N–H and O–H groups in total. The molecule has 1 aromatic rings. The Labute approximate surface area is 110 Å². The van der Waals surface area contributed by atoms with Crippen LogP contribution in [0.15, 0.2) is 42.5 Å². The Kier molecular flexibility index (Phi) is 7.09. The first-order valence-electron chi connectivity index (χ1n) is 6.82. The number of halogens is 1. The van der Waals surface area contributed by atoms with Crippen LogP contribution in [-0.4, -0.2) is 0 Å². The summed E-state index contributed by atoms with van der Waals surface area (Å²) in [5.74, 6) is -0.180. The first kappa shape index (κ1) is 14.7. The van der Waals surface area contributed by atoms with Crippen molar-refractivity contribution >= 4 is 6.08 Å². The van der Waals surface area contributed by atoms with E-state index >= 15 is 0 Å². The first-order chi connectivity index (χ1) is 8.76. The Balaban J connectivity index is 2.59. The predicted octanol–water partition coefficient (Wildman–Crippen LogP) is 5.76. The van der Waals surface area contributed by atoms with Gasteiger partial charge in [0.25, 0.3) is 0 Å². The molecule has 0 spiro atoms. The van der Waals surface area contributed by atoms with E-state index in [1.807, 2.05) is 18.2 Å². The molecule has 0 aliphatic heterocycles. The van der Waals surface area contributed by atoms with Crippen LogP contribution in [0.1, 0.15) is 51.0 Å². The van der Waals surface area contributed by atoms with Crippen LogP contribution >= 0.6 is 0 Å². The molecule has 0 amide bonds. The van der Waals surface area contributed by atoms with Crippen LogP contribution < -0.4 is 0 Å². The summed E-state index contributed by atoms with van der Waals surface area (Å²) in [5.41, 5.74) is 2.46. The monoisotopic (exact) mass is 246 g/mol. The average Bonchev–Trinajstić information content (AvgIpc) is 2.37. The van der Waals surface area contributed by atoms with Crippen molar-refractivity contribution in [3.8, 4) is 0 Å². The molecule has 0 heterocycles. The number of benzene rings is 1. The summed E-state index contributed by atoms with van der Waals surface area (Å²) >= 11 is 0. The number of hydrogen-bond acceptors (Lipinski definition) is 0. The Hall–Kier alpha value is -1.37. The van der Waals surface area contributed by atoms with Crippen molar-refractivity contribution < 1.29 is 4.39 Å². The largest absolute Gasteiger partial charge is 0.207 e. The molecule has 0 saturated heterocycles. The molecule has 1 rings (SSSR count). The van der Waals surface area contributed by atoms with E-state index in [0.717, 1.165) is 18.4 Å². The molecule has 0 radical (unpaired) electrons. The van der Waals surface area contributed by atoms with E-state index in [2.05, 4.69) is 19.6 Å². The van der Waals surface area contributed by atoms with Crippen molar-refractivity contribution in [2.24, 2.45) is 0 Å². The number of rotatable bonds is 8. The van der Waals surface area contributed by atoms with Gasteiger partial charge in [0.2, 0.25) is 0 Å². The van der Waals surface area contributed by atoms with Gasteiger partial charge in [0.1, 0.15) is 5.82 Å². The number of allylic oxidation sites excluding steroid dienone is 2. The summed E-state index contributed by atoms with van der Waals surface area (Å²) in [6, 6.07) is 6.66. The molecule has 0 saturated carbocycles. The lowest BCUT2D eigenvalue weighted by atomic mass is 10.0. The van der Waals surface area contributed by atoms with E-state index in [-0.39, 0.29) is 5.82 Å².